The Labute approximate surface area is 146 Å². The van der Waals surface area contributed by atoms with Crippen molar-refractivity contribution in [2.24, 2.45) is 5.92 Å². The van der Waals surface area contributed by atoms with Gasteiger partial charge >= 0.3 is 0 Å². The molecule has 0 radical (unpaired) electrons. The van der Waals surface area contributed by atoms with Crippen LogP contribution < -0.4 is 0 Å². The molecule has 24 heavy (non-hydrogen) atoms. The molecule has 1 amide bonds. The maximum absolute atomic E-state index is 12.7. The van der Waals surface area contributed by atoms with Crippen molar-refractivity contribution in [3.63, 3.8) is 0 Å². The number of imidazole rings is 1. The number of nitrogens with zero attached hydrogens (tertiary/aromatic N) is 4. The van der Waals surface area contributed by atoms with Crippen molar-refractivity contribution in [2.45, 2.75) is 52.0 Å². The standard InChI is InChI=1S/C18H24N4OS/c1-12-16(24-13(2)20-12)18(23)21-8-5-15(6-9-21)17-19-7-10-22(17)11-14-3-4-14/h7,10,14-15H,3-6,8-9,11H2,1-2H3. The van der Waals surface area contributed by atoms with Crippen LogP contribution in [0.1, 0.15) is 57.8 Å². The van der Waals surface area contributed by atoms with Gasteiger partial charge in [0, 0.05) is 37.9 Å². The van der Waals surface area contributed by atoms with E-state index in [4.69, 9.17) is 0 Å². The first-order valence-corrected chi connectivity index (χ1v) is 9.68. The number of thiazole rings is 1. The summed E-state index contributed by atoms with van der Waals surface area (Å²) in [5.41, 5.74) is 0.865. The summed E-state index contributed by atoms with van der Waals surface area (Å²) in [5.74, 6) is 2.71. The fraction of sp³-hybridized carbons (Fsp3) is 0.611. The Balaban J connectivity index is 1.40. The maximum atomic E-state index is 12.7. The molecule has 0 bridgehead atoms. The van der Waals surface area contributed by atoms with Crippen molar-refractivity contribution in [3.8, 4) is 0 Å². The predicted octanol–water partition coefficient (Wildman–Crippen LogP) is 3.39. The molecule has 0 atom stereocenters. The average Bonchev–Trinajstić information content (AvgIpc) is 3.16. The normalized spacial score (nSPS) is 19.0. The quantitative estimate of drug-likeness (QED) is 0.854. The molecule has 1 saturated carbocycles. The topological polar surface area (TPSA) is 51.0 Å². The molecular weight excluding hydrogens is 320 g/mol. The van der Waals surface area contributed by atoms with Crippen LogP contribution in [0.5, 0.6) is 0 Å². The van der Waals surface area contributed by atoms with Gasteiger partial charge in [0.15, 0.2) is 0 Å². The molecule has 1 aliphatic heterocycles. The highest BCUT2D eigenvalue weighted by atomic mass is 32.1. The number of carbonyl (C=O) groups excluding carboxylic acids is 1. The van der Waals surface area contributed by atoms with E-state index in [0.29, 0.717) is 5.92 Å². The van der Waals surface area contributed by atoms with Gasteiger partial charge in [0.2, 0.25) is 0 Å². The molecule has 0 unspecified atom stereocenters. The number of rotatable bonds is 4. The lowest BCUT2D eigenvalue weighted by Crippen LogP contribution is -2.38. The Morgan fingerprint density at radius 3 is 2.62 bits per heavy atom. The summed E-state index contributed by atoms with van der Waals surface area (Å²) in [6.07, 6.45) is 8.78. The Hall–Kier alpha value is -1.69. The van der Waals surface area contributed by atoms with Crippen LogP contribution >= 0.6 is 11.3 Å². The minimum Gasteiger partial charge on any atom is -0.338 e. The Bertz CT molecular complexity index is 738. The van der Waals surface area contributed by atoms with E-state index >= 15 is 0 Å². The first kappa shape index (κ1) is 15.8. The summed E-state index contributed by atoms with van der Waals surface area (Å²) in [6, 6.07) is 0. The number of likely N-dealkylation sites (tertiary alicyclic amines) is 1. The molecular formula is C18H24N4OS. The number of hydrogen-bond acceptors (Lipinski definition) is 4. The fourth-order valence-electron chi connectivity index (χ4n) is 3.63. The van der Waals surface area contributed by atoms with Gasteiger partial charge in [-0.15, -0.1) is 11.3 Å². The first-order chi connectivity index (χ1) is 11.6. The second kappa shape index (κ2) is 6.31. The summed E-state index contributed by atoms with van der Waals surface area (Å²) >= 11 is 1.51. The van der Waals surface area contributed by atoms with Gasteiger partial charge in [-0.05, 0) is 45.4 Å². The van der Waals surface area contributed by atoms with Crippen LogP contribution in [0.4, 0.5) is 0 Å². The van der Waals surface area contributed by atoms with E-state index in [2.05, 4.69) is 20.7 Å². The van der Waals surface area contributed by atoms with Gasteiger partial charge in [0.05, 0.1) is 10.7 Å². The molecule has 5 nitrogen and oxygen atoms in total. The summed E-state index contributed by atoms with van der Waals surface area (Å²) in [4.78, 5) is 24.5. The molecule has 128 valence electrons. The van der Waals surface area contributed by atoms with E-state index in [0.717, 1.165) is 54.0 Å². The molecule has 4 rings (SSSR count). The number of aryl methyl sites for hydroxylation is 2. The predicted molar refractivity (Wildman–Crippen MR) is 94.4 cm³/mol. The van der Waals surface area contributed by atoms with Gasteiger partial charge in [-0.1, -0.05) is 0 Å². The van der Waals surface area contributed by atoms with E-state index in [-0.39, 0.29) is 5.91 Å². The van der Waals surface area contributed by atoms with Crippen molar-refractivity contribution in [1.29, 1.82) is 0 Å². The van der Waals surface area contributed by atoms with Crippen LogP contribution in [-0.2, 0) is 6.54 Å². The van der Waals surface area contributed by atoms with E-state index < -0.39 is 0 Å². The van der Waals surface area contributed by atoms with Gasteiger partial charge in [-0.3, -0.25) is 4.79 Å². The van der Waals surface area contributed by atoms with E-state index in [1.807, 2.05) is 24.9 Å². The summed E-state index contributed by atoms with van der Waals surface area (Å²) in [5, 5.41) is 0.966. The third-order valence-electron chi connectivity index (χ3n) is 5.14. The van der Waals surface area contributed by atoms with Gasteiger partial charge in [-0.2, -0.15) is 0 Å². The molecule has 6 heteroatoms. The van der Waals surface area contributed by atoms with Gasteiger partial charge in [-0.25, -0.2) is 9.97 Å². The molecule has 0 spiro atoms. The largest absolute Gasteiger partial charge is 0.338 e. The van der Waals surface area contributed by atoms with Gasteiger partial charge in [0.1, 0.15) is 10.7 Å². The van der Waals surface area contributed by atoms with Crippen molar-refractivity contribution in [2.75, 3.05) is 13.1 Å². The van der Waals surface area contributed by atoms with E-state index in [1.165, 1.54) is 30.0 Å². The number of amides is 1. The Kier molecular flexibility index (Phi) is 4.16. The number of hydrogen-bond donors (Lipinski definition) is 0. The van der Waals surface area contributed by atoms with Crippen molar-refractivity contribution >= 4 is 17.2 Å². The zero-order valence-electron chi connectivity index (χ0n) is 14.4. The highest BCUT2D eigenvalue weighted by Gasteiger charge is 2.30. The minimum absolute atomic E-state index is 0.151. The Morgan fingerprint density at radius 1 is 1.25 bits per heavy atom. The minimum atomic E-state index is 0.151. The van der Waals surface area contributed by atoms with Crippen LogP contribution in [0.3, 0.4) is 0 Å². The smallest absolute Gasteiger partial charge is 0.265 e. The zero-order valence-corrected chi connectivity index (χ0v) is 15.2. The van der Waals surface area contributed by atoms with Gasteiger partial charge < -0.3 is 9.47 Å². The lowest BCUT2D eigenvalue weighted by atomic mass is 9.95. The summed E-state index contributed by atoms with van der Waals surface area (Å²) < 4.78 is 2.34. The average molecular weight is 344 g/mol. The molecule has 2 aromatic rings. The highest BCUT2D eigenvalue weighted by Crippen LogP contribution is 2.33. The molecule has 2 aliphatic rings. The molecule has 0 aromatic carbocycles. The maximum Gasteiger partial charge on any atom is 0.265 e. The fourth-order valence-corrected chi connectivity index (χ4v) is 4.52. The zero-order chi connectivity index (χ0) is 16.7. The molecule has 1 saturated heterocycles. The van der Waals surface area contributed by atoms with E-state index in [9.17, 15) is 4.79 Å². The van der Waals surface area contributed by atoms with Crippen molar-refractivity contribution in [3.05, 3.63) is 33.8 Å². The van der Waals surface area contributed by atoms with Crippen LogP contribution in [0.25, 0.3) is 0 Å². The monoisotopic (exact) mass is 344 g/mol. The number of aromatic nitrogens is 3. The van der Waals surface area contributed by atoms with Gasteiger partial charge in [0.25, 0.3) is 5.91 Å². The second-order valence-corrected chi connectivity index (χ2v) is 8.30. The van der Waals surface area contributed by atoms with E-state index in [1.54, 1.807) is 0 Å². The van der Waals surface area contributed by atoms with Crippen molar-refractivity contribution < 1.29 is 4.79 Å². The lowest BCUT2D eigenvalue weighted by molar-refractivity contribution is 0.0714. The van der Waals surface area contributed by atoms with Crippen LogP contribution in [0, 0.1) is 19.8 Å². The lowest BCUT2D eigenvalue weighted by Gasteiger charge is -2.31. The third kappa shape index (κ3) is 3.11. The summed E-state index contributed by atoms with van der Waals surface area (Å²) in [7, 11) is 0. The second-order valence-electron chi connectivity index (χ2n) is 7.10. The van der Waals surface area contributed by atoms with Crippen molar-refractivity contribution in [1.82, 2.24) is 19.4 Å². The summed E-state index contributed by atoms with van der Waals surface area (Å²) in [6.45, 7) is 6.64. The van der Waals surface area contributed by atoms with Crippen LogP contribution in [0.15, 0.2) is 12.4 Å². The molecule has 2 fully saturated rings. The van der Waals surface area contributed by atoms with Crippen LogP contribution in [-0.4, -0.2) is 38.4 Å². The SMILES string of the molecule is Cc1nc(C)c(C(=O)N2CCC(c3nccn3CC3CC3)CC2)s1. The Morgan fingerprint density at radius 2 is 2.00 bits per heavy atom. The third-order valence-corrected chi connectivity index (χ3v) is 6.21. The number of piperidine rings is 1. The first-order valence-electron chi connectivity index (χ1n) is 8.86. The number of carbonyl (C=O) groups is 1. The molecule has 1 aliphatic carbocycles. The van der Waals surface area contributed by atoms with Crippen LogP contribution in [0.2, 0.25) is 0 Å². The molecule has 0 N–H and O–H groups in total. The molecule has 3 heterocycles. The molecule has 2 aromatic heterocycles. The highest BCUT2D eigenvalue weighted by molar-refractivity contribution is 7.13.